The number of amides is 1. The van der Waals surface area contributed by atoms with Crippen molar-refractivity contribution in [3.63, 3.8) is 0 Å². The summed E-state index contributed by atoms with van der Waals surface area (Å²) < 4.78 is 37.9. The average Bonchev–Trinajstić information content (AvgIpc) is 3.13. The van der Waals surface area contributed by atoms with Crippen LogP contribution in [0.3, 0.4) is 0 Å². The Bertz CT molecular complexity index is 1070. The topological polar surface area (TPSA) is 110 Å². The molecular formula is C19H21N3O5S. The number of anilines is 1. The zero-order chi connectivity index (χ0) is 20.1. The van der Waals surface area contributed by atoms with Gasteiger partial charge in [-0.1, -0.05) is 12.1 Å². The summed E-state index contributed by atoms with van der Waals surface area (Å²) in [4.78, 5) is 15.3. The largest absolute Gasteiger partial charge is 0.497 e. The summed E-state index contributed by atoms with van der Waals surface area (Å²) in [6.07, 6.45) is 0. The molecule has 2 aromatic carbocycles. The SMILES string of the molecule is COCCNC(=O)c1cc2cccc(NS(=O)(=O)c3ccc(OC)cc3)c2[nH]1. The smallest absolute Gasteiger partial charge is 0.267 e. The number of benzene rings is 2. The number of fused-ring (bicyclic) bond motifs is 1. The van der Waals surface area contributed by atoms with Crippen molar-refractivity contribution in [1.82, 2.24) is 10.3 Å². The highest BCUT2D eigenvalue weighted by molar-refractivity contribution is 7.92. The van der Waals surface area contributed by atoms with Gasteiger partial charge in [0.2, 0.25) is 0 Å². The predicted octanol–water partition coefficient (Wildman–Crippen LogP) is 2.35. The Hall–Kier alpha value is -3.04. The van der Waals surface area contributed by atoms with Crippen molar-refractivity contribution >= 4 is 32.5 Å². The number of carbonyl (C=O) groups is 1. The Labute approximate surface area is 162 Å². The predicted molar refractivity (Wildman–Crippen MR) is 106 cm³/mol. The summed E-state index contributed by atoms with van der Waals surface area (Å²) >= 11 is 0. The molecule has 0 aliphatic heterocycles. The number of para-hydroxylation sites is 1. The minimum absolute atomic E-state index is 0.106. The average molecular weight is 403 g/mol. The fourth-order valence-corrected chi connectivity index (χ4v) is 3.76. The Morgan fingerprint density at radius 3 is 2.54 bits per heavy atom. The number of ether oxygens (including phenoxy) is 2. The molecule has 1 aromatic heterocycles. The first-order valence-electron chi connectivity index (χ1n) is 8.50. The summed E-state index contributed by atoms with van der Waals surface area (Å²) in [5.41, 5.74) is 1.21. The number of sulfonamides is 1. The number of aromatic amines is 1. The van der Waals surface area contributed by atoms with Crippen LogP contribution < -0.4 is 14.8 Å². The maximum atomic E-state index is 12.7. The lowest BCUT2D eigenvalue weighted by Crippen LogP contribution is -2.27. The van der Waals surface area contributed by atoms with Crippen LogP contribution in [0.4, 0.5) is 5.69 Å². The number of methoxy groups -OCH3 is 2. The van der Waals surface area contributed by atoms with Crippen LogP contribution in [-0.4, -0.2) is 46.7 Å². The number of hydrogen-bond donors (Lipinski definition) is 3. The van der Waals surface area contributed by atoms with Gasteiger partial charge >= 0.3 is 0 Å². The van der Waals surface area contributed by atoms with Crippen LogP contribution in [-0.2, 0) is 14.8 Å². The van der Waals surface area contributed by atoms with Crippen molar-refractivity contribution in [2.75, 3.05) is 32.1 Å². The summed E-state index contributed by atoms with van der Waals surface area (Å²) in [7, 11) is -0.738. The maximum Gasteiger partial charge on any atom is 0.267 e. The lowest BCUT2D eigenvalue weighted by Gasteiger charge is -2.09. The van der Waals surface area contributed by atoms with Crippen LogP contribution in [0.15, 0.2) is 53.4 Å². The number of hydrogen-bond acceptors (Lipinski definition) is 5. The molecule has 3 aromatic rings. The van der Waals surface area contributed by atoms with Crippen molar-refractivity contribution in [3.05, 3.63) is 54.2 Å². The number of carbonyl (C=O) groups excluding carboxylic acids is 1. The first-order valence-corrected chi connectivity index (χ1v) is 9.98. The van der Waals surface area contributed by atoms with E-state index in [1.165, 1.54) is 19.2 Å². The van der Waals surface area contributed by atoms with Crippen molar-refractivity contribution in [2.45, 2.75) is 4.90 Å². The number of aromatic nitrogens is 1. The molecule has 0 saturated carbocycles. The van der Waals surface area contributed by atoms with Gasteiger partial charge in [-0.25, -0.2) is 8.42 Å². The van der Waals surface area contributed by atoms with E-state index in [1.54, 1.807) is 43.5 Å². The Morgan fingerprint density at radius 1 is 1.11 bits per heavy atom. The summed E-state index contributed by atoms with van der Waals surface area (Å²) in [5.74, 6) is 0.270. The van der Waals surface area contributed by atoms with E-state index in [-0.39, 0.29) is 10.8 Å². The lowest BCUT2D eigenvalue weighted by molar-refractivity contribution is 0.0933. The molecule has 8 nitrogen and oxygen atoms in total. The quantitative estimate of drug-likeness (QED) is 0.500. The van der Waals surface area contributed by atoms with E-state index in [4.69, 9.17) is 9.47 Å². The third-order valence-electron chi connectivity index (χ3n) is 4.11. The third-order valence-corrected chi connectivity index (χ3v) is 5.49. The highest BCUT2D eigenvalue weighted by Crippen LogP contribution is 2.26. The zero-order valence-corrected chi connectivity index (χ0v) is 16.3. The van der Waals surface area contributed by atoms with Gasteiger partial charge in [-0.2, -0.15) is 0 Å². The van der Waals surface area contributed by atoms with E-state index in [0.29, 0.717) is 41.2 Å². The Morgan fingerprint density at radius 2 is 1.86 bits per heavy atom. The van der Waals surface area contributed by atoms with Crippen LogP contribution in [0.25, 0.3) is 10.9 Å². The number of rotatable bonds is 8. The highest BCUT2D eigenvalue weighted by Gasteiger charge is 2.17. The summed E-state index contributed by atoms with van der Waals surface area (Å²) in [6, 6.07) is 12.9. The normalized spacial score (nSPS) is 11.4. The third kappa shape index (κ3) is 4.26. The van der Waals surface area contributed by atoms with Gasteiger partial charge in [0.05, 0.1) is 29.8 Å². The monoisotopic (exact) mass is 403 g/mol. The molecule has 28 heavy (non-hydrogen) atoms. The van der Waals surface area contributed by atoms with Gasteiger partial charge in [0.1, 0.15) is 11.4 Å². The summed E-state index contributed by atoms with van der Waals surface area (Å²) in [5, 5.41) is 3.43. The highest BCUT2D eigenvalue weighted by atomic mass is 32.2. The van der Waals surface area contributed by atoms with Crippen molar-refractivity contribution < 1.29 is 22.7 Å². The number of H-pyrrole nitrogens is 1. The van der Waals surface area contributed by atoms with Crippen LogP contribution >= 0.6 is 0 Å². The minimum atomic E-state index is -3.80. The van der Waals surface area contributed by atoms with E-state index in [0.717, 1.165) is 0 Å². The maximum absolute atomic E-state index is 12.7. The van der Waals surface area contributed by atoms with Crippen LogP contribution in [0.1, 0.15) is 10.5 Å². The second-order valence-electron chi connectivity index (χ2n) is 5.98. The molecule has 0 unspecified atom stereocenters. The molecule has 0 aliphatic rings. The minimum Gasteiger partial charge on any atom is -0.497 e. The molecule has 0 atom stereocenters. The second-order valence-corrected chi connectivity index (χ2v) is 7.66. The van der Waals surface area contributed by atoms with Crippen LogP contribution in [0.5, 0.6) is 5.75 Å². The zero-order valence-electron chi connectivity index (χ0n) is 15.5. The van der Waals surface area contributed by atoms with Gasteiger partial charge in [-0.3, -0.25) is 9.52 Å². The first-order chi connectivity index (χ1) is 13.4. The van der Waals surface area contributed by atoms with Gasteiger partial charge in [-0.15, -0.1) is 0 Å². The molecule has 0 radical (unpaired) electrons. The molecule has 148 valence electrons. The van der Waals surface area contributed by atoms with Crippen LogP contribution in [0, 0.1) is 0 Å². The lowest BCUT2D eigenvalue weighted by atomic mass is 10.2. The van der Waals surface area contributed by atoms with Crippen molar-refractivity contribution in [1.29, 1.82) is 0 Å². The molecule has 3 N–H and O–H groups in total. The molecule has 0 spiro atoms. The fourth-order valence-electron chi connectivity index (χ4n) is 2.68. The van der Waals surface area contributed by atoms with E-state index in [1.807, 2.05) is 0 Å². The standard InChI is InChI=1S/C19H21N3O5S/c1-26-11-10-20-19(23)17-12-13-4-3-5-16(18(13)21-17)22-28(24,25)15-8-6-14(27-2)7-9-15/h3-9,12,21-22H,10-11H2,1-2H3,(H,20,23). The molecule has 1 heterocycles. The van der Waals surface area contributed by atoms with Gasteiger partial charge < -0.3 is 19.8 Å². The molecule has 0 aliphatic carbocycles. The number of nitrogens with one attached hydrogen (secondary N) is 3. The Kier molecular flexibility index (Phi) is 5.86. The molecule has 0 bridgehead atoms. The summed E-state index contributed by atoms with van der Waals surface area (Å²) in [6.45, 7) is 0.778. The van der Waals surface area contributed by atoms with Gasteiger partial charge in [0.15, 0.2) is 0 Å². The first kappa shape index (κ1) is 19.7. The van der Waals surface area contributed by atoms with Gasteiger partial charge in [0, 0.05) is 19.0 Å². The molecule has 3 rings (SSSR count). The van der Waals surface area contributed by atoms with Gasteiger partial charge in [0.25, 0.3) is 15.9 Å². The van der Waals surface area contributed by atoms with Crippen molar-refractivity contribution in [3.8, 4) is 5.75 Å². The van der Waals surface area contributed by atoms with E-state index >= 15 is 0 Å². The second kappa shape index (κ2) is 8.32. The molecule has 0 fully saturated rings. The van der Waals surface area contributed by atoms with Gasteiger partial charge in [-0.05, 0) is 36.4 Å². The van der Waals surface area contributed by atoms with Crippen molar-refractivity contribution in [2.24, 2.45) is 0 Å². The van der Waals surface area contributed by atoms with Crippen LogP contribution in [0.2, 0.25) is 0 Å². The van der Waals surface area contributed by atoms with E-state index in [2.05, 4.69) is 15.0 Å². The molecule has 0 saturated heterocycles. The van der Waals surface area contributed by atoms with E-state index < -0.39 is 10.0 Å². The molecule has 1 amide bonds. The van der Waals surface area contributed by atoms with E-state index in [9.17, 15) is 13.2 Å². The molecular weight excluding hydrogens is 382 g/mol. The Balaban J connectivity index is 1.87. The fraction of sp³-hybridized carbons (Fsp3) is 0.211. The molecule has 9 heteroatoms.